The van der Waals surface area contributed by atoms with Crippen LogP contribution in [-0.2, 0) is 0 Å². The predicted octanol–water partition coefficient (Wildman–Crippen LogP) is 5.91. The molecule has 106 valence electrons. The van der Waals surface area contributed by atoms with E-state index in [1.54, 1.807) is 6.42 Å². The topological polar surface area (TPSA) is 0 Å². The summed E-state index contributed by atoms with van der Waals surface area (Å²) in [6.45, 7) is 9.65. The van der Waals surface area contributed by atoms with Crippen molar-refractivity contribution in [3.05, 3.63) is 0 Å². The molecule has 0 spiro atoms. The maximum atomic E-state index is 2.43. The molecule has 0 heteroatoms. The average molecular weight is 250 g/mol. The molecule has 0 aromatic rings. The lowest BCUT2D eigenvalue weighted by atomic mass is 9.84. The standard InChI is InChI=1S/C9H16.C9H18/c1-6-3-9-5-8(6)4-7(9)2;1-8-6-4-3-5-7-9(8)2/h6-9H,3-5H2,1-2H3;8-9H,3-7H2,1-2H3. The summed E-state index contributed by atoms with van der Waals surface area (Å²) in [6.07, 6.45) is 12.0. The first kappa shape index (κ1) is 14.4. The van der Waals surface area contributed by atoms with Crippen molar-refractivity contribution >= 4 is 0 Å². The Labute approximate surface area is 115 Å². The third kappa shape index (κ3) is 3.52. The highest BCUT2D eigenvalue weighted by Gasteiger charge is 2.41. The Morgan fingerprint density at radius 1 is 0.500 bits per heavy atom. The van der Waals surface area contributed by atoms with E-state index in [0.717, 1.165) is 35.5 Å². The zero-order valence-corrected chi connectivity index (χ0v) is 13.1. The molecule has 18 heavy (non-hydrogen) atoms. The van der Waals surface area contributed by atoms with Crippen LogP contribution in [0, 0.1) is 35.5 Å². The SMILES string of the molecule is CC1CC2CC1CC2C.CC1CCCCCC1C. The highest BCUT2D eigenvalue weighted by molar-refractivity contribution is 4.91. The Kier molecular flexibility index (Phi) is 5.15. The Hall–Kier alpha value is 0. The van der Waals surface area contributed by atoms with Crippen LogP contribution in [-0.4, -0.2) is 0 Å². The van der Waals surface area contributed by atoms with Crippen LogP contribution in [0.1, 0.15) is 79.1 Å². The van der Waals surface area contributed by atoms with Crippen molar-refractivity contribution in [3.8, 4) is 0 Å². The van der Waals surface area contributed by atoms with E-state index in [9.17, 15) is 0 Å². The summed E-state index contributed by atoms with van der Waals surface area (Å²) in [4.78, 5) is 0. The van der Waals surface area contributed by atoms with Gasteiger partial charge in [0.1, 0.15) is 0 Å². The van der Waals surface area contributed by atoms with Crippen LogP contribution in [0.15, 0.2) is 0 Å². The molecule has 0 heterocycles. The molecule has 0 radical (unpaired) electrons. The average Bonchev–Trinajstić information content (AvgIpc) is 2.80. The molecule has 0 saturated heterocycles. The van der Waals surface area contributed by atoms with Crippen LogP contribution in [0.3, 0.4) is 0 Å². The second-order valence-corrected chi connectivity index (χ2v) is 7.77. The van der Waals surface area contributed by atoms with Crippen molar-refractivity contribution in [2.75, 3.05) is 0 Å². The summed E-state index contributed by atoms with van der Waals surface area (Å²) in [5.41, 5.74) is 0. The second-order valence-electron chi connectivity index (χ2n) is 7.77. The van der Waals surface area contributed by atoms with Crippen LogP contribution in [0.25, 0.3) is 0 Å². The van der Waals surface area contributed by atoms with Crippen molar-refractivity contribution in [2.45, 2.75) is 79.1 Å². The first-order chi connectivity index (χ1) is 8.58. The normalized spacial score (nSPS) is 47.3. The molecule has 3 fully saturated rings. The van der Waals surface area contributed by atoms with Crippen molar-refractivity contribution in [3.63, 3.8) is 0 Å². The van der Waals surface area contributed by atoms with Gasteiger partial charge >= 0.3 is 0 Å². The lowest BCUT2D eigenvalue weighted by molar-refractivity contribution is 0.288. The van der Waals surface area contributed by atoms with Crippen LogP contribution in [0.4, 0.5) is 0 Å². The number of fused-ring (bicyclic) bond motifs is 2. The van der Waals surface area contributed by atoms with Crippen molar-refractivity contribution in [2.24, 2.45) is 35.5 Å². The van der Waals surface area contributed by atoms with E-state index in [0.29, 0.717) is 0 Å². The molecule has 3 rings (SSSR count). The van der Waals surface area contributed by atoms with E-state index in [1.807, 2.05) is 0 Å². The summed E-state index contributed by atoms with van der Waals surface area (Å²) in [5, 5.41) is 0. The molecule has 0 aliphatic heterocycles. The Balaban J connectivity index is 0.000000134. The molecule has 2 bridgehead atoms. The van der Waals surface area contributed by atoms with Gasteiger partial charge in [-0.05, 0) is 54.8 Å². The van der Waals surface area contributed by atoms with E-state index < -0.39 is 0 Å². The van der Waals surface area contributed by atoms with Crippen LogP contribution >= 0.6 is 0 Å². The molecule has 0 aromatic carbocycles. The van der Waals surface area contributed by atoms with Crippen molar-refractivity contribution in [1.29, 1.82) is 0 Å². The van der Waals surface area contributed by atoms with Gasteiger partial charge in [0.15, 0.2) is 0 Å². The number of hydrogen-bond donors (Lipinski definition) is 0. The Morgan fingerprint density at radius 3 is 1.28 bits per heavy atom. The summed E-state index contributed by atoms with van der Waals surface area (Å²) >= 11 is 0. The van der Waals surface area contributed by atoms with Gasteiger partial charge in [-0.1, -0.05) is 59.8 Å². The summed E-state index contributed by atoms with van der Waals surface area (Å²) in [7, 11) is 0. The molecular weight excluding hydrogens is 216 g/mol. The molecule has 0 nitrogen and oxygen atoms in total. The molecule has 0 amide bonds. The van der Waals surface area contributed by atoms with Gasteiger partial charge in [-0.25, -0.2) is 0 Å². The van der Waals surface area contributed by atoms with Crippen LogP contribution < -0.4 is 0 Å². The fourth-order valence-corrected chi connectivity index (χ4v) is 4.53. The molecule has 0 N–H and O–H groups in total. The highest BCUT2D eigenvalue weighted by Crippen LogP contribution is 2.51. The van der Waals surface area contributed by atoms with Crippen LogP contribution in [0.5, 0.6) is 0 Å². The minimum Gasteiger partial charge on any atom is -0.0623 e. The predicted molar refractivity (Wildman–Crippen MR) is 80.6 cm³/mol. The first-order valence-corrected chi connectivity index (χ1v) is 8.58. The smallest absolute Gasteiger partial charge is 0.0383 e. The van der Waals surface area contributed by atoms with E-state index in [-0.39, 0.29) is 0 Å². The fourth-order valence-electron chi connectivity index (χ4n) is 4.53. The molecule has 6 unspecified atom stereocenters. The van der Waals surface area contributed by atoms with Gasteiger partial charge in [0.25, 0.3) is 0 Å². The molecule has 0 aromatic heterocycles. The summed E-state index contributed by atoms with van der Waals surface area (Å²) in [6, 6.07) is 0. The lowest BCUT2D eigenvalue weighted by Gasteiger charge is -2.21. The number of hydrogen-bond acceptors (Lipinski definition) is 0. The van der Waals surface area contributed by atoms with Gasteiger partial charge in [-0.15, -0.1) is 0 Å². The second kappa shape index (κ2) is 6.44. The Morgan fingerprint density at radius 2 is 0.944 bits per heavy atom. The molecule has 3 saturated carbocycles. The molecule has 3 aliphatic carbocycles. The number of rotatable bonds is 0. The maximum absolute atomic E-state index is 2.43. The third-order valence-corrected chi connectivity index (χ3v) is 6.35. The van der Waals surface area contributed by atoms with Gasteiger partial charge in [0.05, 0.1) is 0 Å². The molecule has 6 atom stereocenters. The zero-order chi connectivity index (χ0) is 13.1. The Bertz CT molecular complexity index is 216. The first-order valence-electron chi connectivity index (χ1n) is 8.58. The summed E-state index contributed by atoms with van der Waals surface area (Å²) in [5.74, 6) is 6.34. The van der Waals surface area contributed by atoms with Crippen molar-refractivity contribution < 1.29 is 0 Å². The summed E-state index contributed by atoms with van der Waals surface area (Å²) < 4.78 is 0. The highest BCUT2D eigenvalue weighted by atomic mass is 14.5. The zero-order valence-electron chi connectivity index (χ0n) is 13.1. The van der Waals surface area contributed by atoms with Gasteiger partial charge in [-0.3, -0.25) is 0 Å². The maximum Gasteiger partial charge on any atom is -0.0383 e. The monoisotopic (exact) mass is 250 g/mol. The van der Waals surface area contributed by atoms with E-state index in [4.69, 9.17) is 0 Å². The minimum atomic E-state index is 0.993. The fraction of sp³-hybridized carbons (Fsp3) is 1.00. The van der Waals surface area contributed by atoms with Crippen LogP contribution in [0.2, 0.25) is 0 Å². The minimum absolute atomic E-state index is 0.993. The lowest BCUT2D eigenvalue weighted by Crippen LogP contribution is -2.12. The quantitative estimate of drug-likeness (QED) is 0.469. The van der Waals surface area contributed by atoms with Gasteiger partial charge in [0, 0.05) is 0 Å². The molecular formula is C18H34. The largest absolute Gasteiger partial charge is 0.0623 e. The van der Waals surface area contributed by atoms with Gasteiger partial charge < -0.3 is 0 Å². The third-order valence-electron chi connectivity index (χ3n) is 6.35. The van der Waals surface area contributed by atoms with E-state index in [2.05, 4.69) is 27.7 Å². The van der Waals surface area contributed by atoms with Crippen molar-refractivity contribution in [1.82, 2.24) is 0 Å². The van der Waals surface area contributed by atoms with E-state index >= 15 is 0 Å². The van der Waals surface area contributed by atoms with Gasteiger partial charge in [-0.2, -0.15) is 0 Å². The van der Waals surface area contributed by atoms with Gasteiger partial charge in [0.2, 0.25) is 0 Å². The molecule has 3 aliphatic rings. The van der Waals surface area contributed by atoms with E-state index in [1.165, 1.54) is 44.9 Å².